The van der Waals surface area contributed by atoms with Crippen LogP contribution in [0.15, 0.2) is 0 Å². The monoisotopic (exact) mass is 157 g/mol. The molecule has 0 aliphatic carbocycles. The summed E-state index contributed by atoms with van der Waals surface area (Å²) >= 11 is 0. The van der Waals surface area contributed by atoms with Crippen molar-refractivity contribution in [1.29, 1.82) is 0 Å². The fraction of sp³-hybridized carbons (Fsp3) is 1.00. The van der Waals surface area contributed by atoms with Gasteiger partial charge in [0.05, 0.1) is 0 Å². The minimum Gasteiger partial charge on any atom is -0.330 e. The normalized spacial score (nSPS) is 18.0. The molecular formula is C10H23N. The van der Waals surface area contributed by atoms with Gasteiger partial charge >= 0.3 is 0 Å². The highest BCUT2D eigenvalue weighted by Gasteiger charge is 2.36. The molecule has 0 aromatic rings. The molecule has 0 amide bonds. The number of nitrogens with two attached hydrogens (primary N) is 1. The van der Waals surface area contributed by atoms with Crippen LogP contribution in [-0.2, 0) is 0 Å². The van der Waals surface area contributed by atoms with Gasteiger partial charge in [-0.2, -0.15) is 0 Å². The van der Waals surface area contributed by atoms with Crippen molar-refractivity contribution in [3.05, 3.63) is 0 Å². The smallest absolute Gasteiger partial charge is 0.00182 e. The molecule has 0 saturated heterocycles. The first kappa shape index (κ1) is 11.0. The highest BCUT2D eigenvalue weighted by atomic mass is 14.6. The molecule has 0 fully saturated rings. The summed E-state index contributed by atoms with van der Waals surface area (Å²) in [5.74, 6) is 0. The first-order valence-electron chi connectivity index (χ1n) is 4.63. The van der Waals surface area contributed by atoms with Crippen LogP contribution in [0.5, 0.6) is 0 Å². The largest absolute Gasteiger partial charge is 0.330 e. The molecule has 2 N–H and O–H groups in total. The van der Waals surface area contributed by atoms with Crippen LogP contribution in [0, 0.1) is 10.8 Å². The summed E-state index contributed by atoms with van der Waals surface area (Å²) in [6.07, 6.45) is 2.37. The van der Waals surface area contributed by atoms with E-state index in [1.54, 1.807) is 0 Å². The van der Waals surface area contributed by atoms with Gasteiger partial charge in [0.2, 0.25) is 0 Å². The molecule has 1 heteroatoms. The van der Waals surface area contributed by atoms with Crippen LogP contribution in [0.4, 0.5) is 0 Å². The Morgan fingerprint density at radius 2 is 1.45 bits per heavy atom. The Bertz CT molecular complexity index is 112. The standard InChI is InChI=1S/C10H23N/c1-6-9(3,4)10(5,7-2)8-11/h6-8,11H2,1-5H3. The highest BCUT2D eigenvalue weighted by molar-refractivity contribution is 4.88. The van der Waals surface area contributed by atoms with Gasteiger partial charge in [-0.15, -0.1) is 0 Å². The van der Waals surface area contributed by atoms with E-state index in [1.165, 1.54) is 12.8 Å². The SMILES string of the molecule is CCC(C)(C)C(C)(CC)CN. The number of hydrogen-bond acceptors (Lipinski definition) is 1. The van der Waals surface area contributed by atoms with Crippen LogP contribution in [0.25, 0.3) is 0 Å². The maximum Gasteiger partial charge on any atom is -0.00182 e. The Morgan fingerprint density at radius 3 is 1.55 bits per heavy atom. The van der Waals surface area contributed by atoms with Gasteiger partial charge in [-0.3, -0.25) is 0 Å². The molecule has 0 bridgehead atoms. The summed E-state index contributed by atoms with van der Waals surface area (Å²) in [6, 6.07) is 0. The molecule has 0 heterocycles. The third kappa shape index (κ3) is 1.96. The van der Waals surface area contributed by atoms with Gasteiger partial charge < -0.3 is 5.73 Å². The van der Waals surface area contributed by atoms with Gasteiger partial charge in [-0.05, 0) is 23.8 Å². The van der Waals surface area contributed by atoms with Crippen molar-refractivity contribution in [1.82, 2.24) is 0 Å². The van der Waals surface area contributed by atoms with Crippen LogP contribution in [-0.4, -0.2) is 6.54 Å². The minimum atomic E-state index is 0.307. The van der Waals surface area contributed by atoms with Crippen molar-refractivity contribution >= 4 is 0 Å². The molecule has 68 valence electrons. The Morgan fingerprint density at radius 1 is 1.00 bits per heavy atom. The zero-order valence-corrected chi connectivity index (χ0v) is 8.70. The summed E-state index contributed by atoms with van der Waals surface area (Å²) in [5, 5.41) is 0. The third-order valence-electron chi connectivity index (χ3n) is 3.75. The molecule has 0 spiro atoms. The summed E-state index contributed by atoms with van der Waals surface area (Å²) in [7, 11) is 0. The summed E-state index contributed by atoms with van der Waals surface area (Å²) in [4.78, 5) is 0. The average molecular weight is 157 g/mol. The topological polar surface area (TPSA) is 26.0 Å². The average Bonchev–Trinajstić information content (AvgIpc) is 2.02. The third-order valence-corrected chi connectivity index (χ3v) is 3.75. The van der Waals surface area contributed by atoms with Crippen molar-refractivity contribution in [2.45, 2.75) is 47.5 Å². The first-order chi connectivity index (χ1) is 4.93. The molecule has 0 aliphatic rings. The van der Waals surface area contributed by atoms with Crippen molar-refractivity contribution in [3.8, 4) is 0 Å². The van der Waals surface area contributed by atoms with E-state index in [1.807, 2.05) is 0 Å². The zero-order chi connectivity index (χ0) is 9.12. The summed E-state index contributed by atoms with van der Waals surface area (Å²) in [6.45, 7) is 12.2. The van der Waals surface area contributed by atoms with Crippen LogP contribution in [0.1, 0.15) is 47.5 Å². The van der Waals surface area contributed by atoms with E-state index in [4.69, 9.17) is 5.73 Å². The van der Waals surface area contributed by atoms with Gasteiger partial charge in [0.1, 0.15) is 0 Å². The van der Waals surface area contributed by atoms with Crippen LogP contribution >= 0.6 is 0 Å². The maximum absolute atomic E-state index is 5.78. The molecule has 1 atom stereocenters. The van der Waals surface area contributed by atoms with Crippen molar-refractivity contribution in [2.24, 2.45) is 16.6 Å². The van der Waals surface area contributed by atoms with Crippen LogP contribution < -0.4 is 5.73 Å². The lowest BCUT2D eigenvalue weighted by molar-refractivity contribution is 0.0877. The predicted octanol–water partition coefficient (Wildman–Crippen LogP) is 2.80. The summed E-state index contributed by atoms with van der Waals surface area (Å²) in [5.41, 5.74) is 6.46. The predicted molar refractivity (Wildman–Crippen MR) is 51.5 cm³/mol. The van der Waals surface area contributed by atoms with Gasteiger partial charge in [-0.25, -0.2) is 0 Å². The van der Waals surface area contributed by atoms with E-state index in [9.17, 15) is 0 Å². The molecule has 0 aromatic carbocycles. The molecule has 0 radical (unpaired) electrons. The van der Waals surface area contributed by atoms with E-state index >= 15 is 0 Å². The lowest BCUT2D eigenvalue weighted by atomic mass is 9.64. The number of rotatable bonds is 4. The molecule has 1 nitrogen and oxygen atoms in total. The Labute approximate surface area is 71.4 Å². The maximum atomic E-state index is 5.78. The van der Waals surface area contributed by atoms with Crippen LogP contribution in [0.2, 0.25) is 0 Å². The molecular weight excluding hydrogens is 134 g/mol. The second-order valence-corrected chi connectivity index (χ2v) is 4.36. The number of hydrogen-bond donors (Lipinski definition) is 1. The van der Waals surface area contributed by atoms with E-state index in [0.717, 1.165) is 6.54 Å². The van der Waals surface area contributed by atoms with Gasteiger partial charge in [0, 0.05) is 0 Å². The second-order valence-electron chi connectivity index (χ2n) is 4.36. The molecule has 0 rings (SSSR count). The van der Waals surface area contributed by atoms with Crippen molar-refractivity contribution in [2.75, 3.05) is 6.54 Å². The fourth-order valence-electron chi connectivity index (χ4n) is 1.33. The van der Waals surface area contributed by atoms with E-state index in [0.29, 0.717) is 10.8 Å². The quantitative estimate of drug-likeness (QED) is 0.667. The Hall–Kier alpha value is -0.0400. The molecule has 1 unspecified atom stereocenters. The Balaban J connectivity index is 4.47. The van der Waals surface area contributed by atoms with Gasteiger partial charge in [0.15, 0.2) is 0 Å². The molecule has 11 heavy (non-hydrogen) atoms. The first-order valence-corrected chi connectivity index (χ1v) is 4.63. The van der Waals surface area contributed by atoms with Crippen LogP contribution in [0.3, 0.4) is 0 Å². The van der Waals surface area contributed by atoms with Crippen molar-refractivity contribution in [3.63, 3.8) is 0 Å². The van der Waals surface area contributed by atoms with E-state index in [2.05, 4.69) is 34.6 Å². The Kier molecular flexibility index (Phi) is 3.56. The fourth-order valence-corrected chi connectivity index (χ4v) is 1.33. The minimum absolute atomic E-state index is 0.307. The van der Waals surface area contributed by atoms with E-state index in [-0.39, 0.29) is 0 Å². The van der Waals surface area contributed by atoms with Gasteiger partial charge in [-0.1, -0.05) is 41.0 Å². The second kappa shape index (κ2) is 3.57. The lowest BCUT2D eigenvalue weighted by Crippen LogP contribution is -2.40. The molecule has 0 saturated carbocycles. The lowest BCUT2D eigenvalue weighted by Gasteiger charge is -2.42. The summed E-state index contributed by atoms with van der Waals surface area (Å²) < 4.78 is 0. The molecule has 0 aromatic heterocycles. The zero-order valence-electron chi connectivity index (χ0n) is 8.70. The van der Waals surface area contributed by atoms with Crippen molar-refractivity contribution < 1.29 is 0 Å². The van der Waals surface area contributed by atoms with E-state index < -0.39 is 0 Å². The molecule has 0 aliphatic heterocycles. The highest BCUT2D eigenvalue weighted by Crippen LogP contribution is 2.42. The van der Waals surface area contributed by atoms with Gasteiger partial charge in [0.25, 0.3) is 0 Å².